The monoisotopic (exact) mass is 256 g/mol. The van der Waals surface area contributed by atoms with Gasteiger partial charge in [-0.2, -0.15) is 0 Å². The molecule has 0 bridgehead atoms. The number of rotatable bonds is 7. The summed E-state index contributed by atoms with van der Waals surface area (Å²) in [5.41, 5.74) is 0. The second-order valence-electron chi connectivity index (χ2n) is 5.05. The minimum atomic E-state index is 0.253. The summed E-state index contributed by atoms with van der Waals surface area (Å²) in [4.78, 5) is 14.1. The van der Waals surface area contributed by atoms with Gasteiger partial charge in [-0.3, -0.25) is 4.79 Å². The summed E-state index contributed by atoms with van der Waals surface area (Å²) in [6.07, 6.45) is 3.09. The molecule has 0 spiro atoms. The molecule has 1 amide bonds. The fraction of sp³-hybridized carbons (Fsp3) is 0.929. The highest BCUT2D eigenvalue weighted by Crippen LogP contribution is 2.18. The topological polar surface area (TPSA) is 41.6 Å². The molecule has 1 rings (SSSR count). The van der Waals surface area contributed by atoms with Gasteiger partial charge in [-0.05, 0) is 39.2 Å². The van der Waals surface area contributed by atoms with Crippen LogP contribution in [0.15, 0.2) is 0 Å². The lowest BCUT2D eigenvalue weighted by Gasteiger charge is -2.31. The molecule has 0 aromatic carbocycles. The minimum Gasteiger partial charge on any atom is -0.380 e. The largest absolute Gasteiger partial charge is 0.380 e. The summed E-state index contributed by atoms with van der Waals surface area (Å²) in [5, 5.41) is 3.47. The Morgan fingerprint density at radius 1 is 1.44 bits per heavy atom. The predicted octanol–water partition coefficient (Wildman–Crippen LogP) is 1.65. The van der Waals surface area contributed by atoms with E-state index in [1.54, 1.807) is 0 Å². The van der Waals surface area contributed by atoms with Crippen molar-refractivity contribution in [2.75, 3.05) is 32.8 Å². The lowest BCUT2D eigenvalue weighted by Crippen LogP contribution is -2.45. The van der Waals surface area contributed by atoms with Crippen molar-refractivity contribution in [3.8, 4) is 0 Å². The van der Waals surface area contributed by atoms with Gasteiger partial charge in [-0.1, -0.05) is 6.92 Å². The molecule has 1 aliphatic heterocycles. The number of carbonyl (C=O) groups is 1. The molecule has 0 aromatic heterocycles. The fourth-order valence-corrected chi connectivity index (χ4v) is 2.48. The number of carbonyl (C=O) groups excluding carboxylic acids is 1. The van der Waals surface area contributed by atoms with Crippen LogP contribution >= 0.6 is 0 Å². The Kier molecular flexibility index (Phi) is 7.28. The van der Waals surface area contributed by atoms with E-state index in [-0.39, 0.29) is 5.91 Å². The van der Waals surface area contributed by atoms with Gasteiger partial charge >= 0.3 is 0 Å². The highest BCUT2D eigenvalue weighted by atomic mass is 16.5. The van der Waals surface area contributed by atoms with Crippen LogP contribution in [0.4, 0.5) is 0 Å². The predicted molar refractivity (Wildman–Crippen MR) is 73.6 cm³/mol. The normalized spacial score (nSPS) is 23.9. The molecule has 1 heterocycles. The SMILES string of the molecule is CCOCCN(CC)C(=O)CC1NCCCC1C. The summed E-state index contributed by atoms with van der Waals surface area (Å²) < 4.78 is 5.32. The van der Waals surface area contributed by atoms with E-state index in [1.807, 2.05) is 18.7 Å². The molecule has 0 aliphatic carbocycles. The van der Waals surface area contributed by atoms with E-state index in [0.717, 1.165) is 13.1 Å². The van der Waals surface area contributed by atoms with Crippen molar-refractivity contribution < 1.29 is 9.53 Å². The Labute approximate surface area is 111 Å². The van der Waals surface area contributed by atoms with E-state index < -0.39 is 0 Å². The highest BCUT2D eigenvalue weighted by Gasteiger charge is 2.24. The van der Waals surface area contributed by atoms with Crippen molar-refractivity contribution in [3.63, 3.8) is 0 Å². The van der Waals surface area contributed by atoms with Crippen LogP contribution in [0.1, 0.15) is 40.0 Å². The summed E-state index contributed by atoms with van der Waals surface area (Å²) in [6.45, 7) is 10.1. The number of hydrogen-bond donors (Lipinski definition) is 1. The zero-order chi connectivity index (χ0) is 13.4. The number of amides is 1. The van der Waals surface area contributed by atoms with Gasteiger partial charge in [-0.25, -0.2) is 0 Å². The van der Waals surface area contributed by atoms with E-state index in [4.69, 9.17) is 4.74 Å². The van der Waals surface area contributed by atoms with Gasteiger partial charge in [0.1, 0.15) is 0 Å². The number of nitrogens with one attached hydrogen (secondary N) is 1. The second-order valence-corrected chi connectivity index (χ2v) is 5.05. The van der Waals surface area contributed by atoms with Crippen molar-refractivity contribution in [2.24, 2.45) is 5.92 Å². The van der Waals surface area contributed by atoms with E-state index in [1.165, 1.54) is 12.8 Å². The molecule has 0 aromatic rings. The van der Waals surface area contributed by atoms with E-state index in [0.29, 0.717) is 38.1 Å². The number of likely N-dealkylation sites (N-methyl/N-ethyl adjacent to an activating group) is 1. The van der Waals surface area contributed by atoms with Gasteiger partial charge < -0.3 is 15.0 Å². The lowest BCUT2D eigenvalue weighted by atomic mass is 9.90. The molecule has 1 fully saturated rings. The van der Waals surface area contributed by atoms with E-state index in [9.17, 15) is 4.79 Å². The summed E-state index contributed by atoms with van der Waals surface area (Å²) in [7, 11) is 0. The van der Waals surface area contributed by atoms with Crippen LogP contribution in [0.25, 0.3) is 0 Å². The fourth-order valence-electron chi connectivity index (χ4n) is 2.48. The second kappa shape index (κ2) is 8.48. The first-order valence-corrected chi connectivity index (χ1v) is 7.27. The molecule has 4 nitrogen and oxygen atoms in total. The maximum atomic E-state index is 12.2. The van der Waals surface area contributed by atoms with Crippen LogP contribution in [0, 0.1) is 5.92 Å². The Morgan fingerprint density at radius 2 is 2.22 bits per heavy atom. The minimum absolute atomic E-state index is 0.253. The quantitative estimate of drug-likeness (QED) is 0.704. The molecule has 1 saturated heterocycles. The maximum absolute atomic E-state index is 12.2. The Hall–Kier alpha value is -0.610. The lowest BCUT2D eigenvalue weighted by molar-refractivity contribution is -0.132. The van der Waals surface area contributed by atoms with Crippen molar-refractivity contribution in [3.05, 3.63) is 0 Å². The molecule has 0 saturated carbocycles. The first-order valence-electron chi connectivity index (χ1n) is 7.27. The molecule has 1 aliphatic rings. The molecular formula is C14H28N2O2. The molecular weight excluding hydrogens is 228 g/mol. The maximum Gasteiger partial charge on any atom is 0.224 e. The molecule has 18 heavy (non-hydrogen) atoms. The number of hydrogen-bond acceptors (Lipinski definition) is 3. The van der Waals surface area contributed by atoms with E-state index >= 15 is 0 Å². The summed E-state index contributed by atoms with van der Waals surface area (Å²) >= 11 is 0. The average Bonchev–Trinajstić information content (AvgIpc) is 2.37. The molecule has 1 N–H and O–H groups in total. The van der Waals surface area contributed by atoms with Gasteiger partial charge in [-0.15, -0.1) is 0 Å². The number of piperidine rings is 1. The van der Waals surface area contributed by atoms with Gasteiger partial charge in [0.2, 0.25) is 5.91 Å². The Morgan fingerprint density at radius 3 is 2.83 bits per heavy atom. The van der Waals surface area contributed by atoms with Gasteiger partial charge in [0.25, 0.3) is 0 Å². The first kappa shape index (κ1) is 15.4. The molecule has 2 unspecified atom stereocenters. The van der Waals surface area contributed by atoms with Crippen molar-refractivity contribution in [1.82, 2.24) is 10.2 Å². The Bertz CT molecular complexity index is 246. The Balaban J connectivity index is 2.35. The third-order valence-electron chi connectivity index (χ3n) is 3.77. The van der Waals surface area contributed by atoms with Crippen molar-refractivity contribution in [2.45, 2.75) is 46.1 Å². The van der Waals surface area contributed by atoms with Crippen LogP contribution in [-0.4, -0.2) is 49.7 Å². The van der Waals surface area contributed by atoms with Gasteiger partial charge in [0.15, 0.2) is 0 Å². The molecule has 2 atom stereocenters. The molecule has 0 radical (unpaired) electrons. The standard InChI is InChI=1S/C14H28N2O2/c1-4-16(9-10-18-5-2)14(17)11-13-12(3)7-6-8-15-13/h12-13,15H,4-11H2,1-3H3. The zero-order valence-corrected chi connectivity index (χ0v) is 12.1. The average molecular weight is 256 g/mol. The van der Waals surface area contributed by atoms with Crippen LogP contribution in [0.2, 0.25) is 0 Å². The summed E-state index contributed by atoms with van der Waals surface area (Å²) in [6, 6.07) is 0.354. The first-order chi connectivity index (χ1) is 8.69. The van der Waals surface area contributed by atoms with Gasteiger partial charge in [0.05, 0.1) is 6.61 Å². The molecule has 4 heteroatoms. The van der Waals surface area contributed by atoms with Crippen LogP contribution < -0.4 is 5.32 Å². The van der Waals surface area contributed by atoms with Gasteiger partial charge in [0, 0.05) is 32.2 Å². The van der Waals surface area contributed by atoms with Crippen LogP contribution in [0.3, 0.4) is 0 Å². The smallest absolute Gasteiger partial charge is 0.224 e. The van der Waals surface area contributed by atoms with E-state index in [2.05, 4.69) is 12.2 Å². The highest BCUT2D eigenvalue weighted by molar-refractivity contribution is 5.76. The van der Waals surface area contributed by atoms with Crippen LogP contribution in [-0.2, 0) is 9.53 Å². The third-order valence-corrected chi connectivity index (χ3v) is 3.77. The van der Waals surface area contributed by atoms with Crippen molar-refractivity contribution >= 4 is 5.91 Å². The number of ether oxygens (including phenoxy) is 1. The molecule has 106 valence electrons. The number of nitrogens with zero attached hydrogens (tertiary/aromatic N) is 1. The zero-order valence-electron chi connectivity index (χ0n) is 12.1. The van der Waals surface area contributed by atoms with Crippen LogP contribution in [0.5, 0.6) is 0 Å². The third kappa shape index (κ3) is 4.94. The van der Waals surface area contributed by atoms with Crippen molar-refractivity contribution in [1.29, 1.82) is 0 Å². The summed E-state index contributed by atoms with van der Waals surface area (Å²) in [5.74, 6) is 0.858.